The number of hydrogen-bond acceptors (Lipinski definition) is 3. The maximum Gasteiger partial charge on any atom is 0.267 e. The Kier molecular flexibility index (Phi) is 1.48. The number of carbonyl (C=O) groups excluding carboxylic acids is 2. The summed E-state index contributed by atoms with van der Waals surface area (Å²) in [5, 5.41) is 0. The van der Waals surface area contributed by atoms with Gasteiger partial charge in [0, 0.05) is 18.6 Å². The zero-order valence-corrected chi connectivity index (χ0v) is 6.73. The number of amides is 2. The fourth-order valence-electron chi connectivity index (χ4n) is 1.27. The summed E-state index contributed by atoms with van der Waals surface area (Å²) < 4.78 is 0. The Morgan fingerprint density at radius 1 is 1.31 bits per heavy atom. The molecule has 0 aromatic carbocycles. The van der Waals surface area contributed by atoms with Crippen molar-refractivity contribution in [1.29, 1.82) is 0 Å². The summed E-state index contributed by atoms with van der Waals surface area (Å²) in [6, 6.07) is 1.53. The van der Waals surface area contributed by atoms with Crippen LogP contribution in [0.4, 0.5) is 0 Å². The molecular weight excluding hydrogens is 168 g/mol. The van der Waals surface area contributed by atoms with E-state index in [0.717, 1.165) is 4.90 Å². The summed E-state index contributed by atoms with van der Waals surface area (Å²) in [6.45, 7) is 3.39. The first-order valence-electron chi connectivity index (χ1n) is 3.70. The molecule has 2 rings (SSSR count). The second-order valence-electron chi connectivity index (χ2n) is 2.58. The van der Waals surface area contributed by atoms with E-state index in [0.29, 0.717) is 11.1 Å². The van der Waals surface area contributed by atoms with Crippen LogP contribution in [-0.2, 0) is 0 Å². The van der Waals surface area contributed by atoms with Gasteiger partial charge in [-0.3, -0.25) is 14.6 Å². The van der Waals surface area contributed by atoms with Crippen LogP contribution in [0.15, 0.2) is 31.2 Å². The largest absolute Gasteiger partial charge is 0.268 e. The van der Waals surface area contributed by atoms with E-state index in [1.165, 1.54) is 24.7 Å². The summed E-state index contributed by atoms with van der Waals surface area (Å²) in [6.07, 6.45) is 4.08. The number of fused-ring (bicyclic) bond motifs is 1. The van der Waals surface area contributed by atoms with E-state index in [9.17, 15) is 9.59 Å². The molecule has 4 heteroatoms. The molecule has 0 N–H and O–H groups in total. The van der Waals surface area contributed by atoms with Crippen molar-refractivity contribution in [2.45, 2.75) is 0 Å². The van der Waals surface area contributed by atoms with Gasteiger partial charge in [-0.25, -0.2) is 4.90 Å². The molecule has 2 amide bonds. The highest BCUT2D eigenvalue weighted by Gasteiger charge is 2.33. The predicted octanol–water partition coefficient (Wildman–Crippen LogP) is 0.821. The fraction of sp³-hybridized carbons (Fsp3) is 0. The molecule has 0 saturated heterocycles. The van der Waals surface area contributed by atoms with Crippen LogP contribution in [0.5, 0.6) is 0 Å². The Morgan fingerprint density at radius 2 is 2.00 bits per heavy atom. The van der Waals surface area contributed by atoms with Gasteiger partial charge in [0.05, 0.1) is 11.1 Å². The van der Waals surface area contributed by atoms with Crippen molar-refractivity contribution in [3.8, 4) is 0 Å². The Hall–Kier alpha value is -1.97. The summed E-state index contributed by atoms with van der Waals surface area (Å²) in [5.41, 5.74) is 0.729. The quantitative estimate of drug-likeness (QED) is 0.592. The smallest absolute Gasteiger partial charge is 0.267 e. The van der Waals surface area contributed by atoms with E-state index in [1.807, 2.05) is 0 Å². The van der Waals surface area contributed by atoms with Crippen molar-refractivity contribution in [3.05, 3.63) is 42.4 Å². The average Bonchev–Trinajstić information content (AvgIpc) is 2.41. The van der Waals surface area contributed by atoms with E-state index < -0.39 is 0 Å². The van der Waals surface area contributed by atoms with Crippen molar-refractivity contribution in [3.63, 3.8) is 0 Å². The minimum Gasteiger partial charge on any atom is -0.268 e. The summed E-state index contributed by atoms with van der Waals surface area (Å²) >= 11 is 0. The molecule has 13 heavy (non-hydrogen) atoms. The second-order valence-corrected chi connectivity index (χ2v) is 2.58. The summed E-state index contributed by atoms with van der Waals surface area (Å²) in [7, 11) is 0. The van der Waals surface area contributed by atoms with Crippen LogP contribution in [0, 0.1) is 0 Å². The minimum absolute atomic E-state index is 0.336. The fourth-order valence-corrected chi connectivity index (χ4v) is 1.27. The molecule has 1 aliphatic rings. The number of nitrogens with zero attached hydrogens (tertiary/aromatic N) is 2. The van der Waals surface area contributed by atoms with Crippen LogP contribution in [0.25, 0.3) is 0 Å². The van der Waals surface area contributed by atoms with Crippen LogP contribution in [-0.4, -0.2) is 21.7 Å². The third kappa shape index (κ3) is 0.885. The predicted molar refractivity (Wildman–Crippen MR) is 44.9 cm³/mol. The highest BCUT2D eigenvalue weighted by atomic mass is 16.2. The van der Waals surface area contributed by atoms with E-state index in [-0.39, 0.29) is 11.8 Å². The lowest BCUT2D eigenvalue weighted by atomic mass is 10.2. The van der Waals surface area contributed by atoms with Gasteiger partial charge in [0.25, 0.3) is 11.8 Å². The molecule has 64 valence electrons. The van der Waals surface area contributed by atoms with Crippen molar-refractivity contribution >= 4 is 11.8 Å². The Morgan fingerprint density at radius 3 is 2.62 bits per heavy atom. The van der Waals surface area contributed by atoms with Crippen LogP contribution in [0.3, 0.4) is 0 Å². The first-order chi connectivity index (χ1) is 6.25. The highest BCUT2D eigenvalue weighted by Crippen LogP contribution is 2.20. The number of rotatable bonds is 1. The molecule has 0 aliphatic carbocycles. The molecular formula is C9H6N2O2. The molecule has 4 nitrogen and oxygen atoms in total. The zero-order chi connectivity index (χ0) is 9.42. The Labute approximate surface area is 74.5 Å². The van der Waals surface area contributed by atoms with E-state index in [4.69, 9.17) is 0 Å². The lowest BCUT2D eigenvalue weighted by molar-refractivity contribution is 0.0722. The van der Waals surface area contributed by atoms with Crippen molar-refractivity contribution < 1.29 is 9.59 Å². The van der Waals surface area contributed by atoms with Crippen LogP contribution in [0.2, 0.25) is 0 Å². The van der Waals surface area contributed by atoms with Crippen LogP contribution >= 0.6 is 0 Å². The van der Waals surface area contributed by atoms with Gasteiger partial charge in [0.1, 0.15) is 0 Å². The molecule has 0 saturated carbocycles. The van der Waals surface area contributed by atoms with E-state index in [1.54, 1.807) is 0 Å². The van der Waals surface area contributed by atoms with E-state index >= 15 is 0 Å². The monoisotopic (exact) mass is 174 g/mol. The number of imide groups is 1. The van der Waals surface area contributed by atoms with Gasteiger partial charge in [0.15, 0.2) is 0 Å². The average molecular weight is 174 g/mol. The first kappa shape index (κ1) is 7.67. The second kappa shape index (κ2) is 2.52. The number of aromatic nitrogens is 1. The van der Waals surface area contributed by atoms with E-state index in [2.05, 4.69) is 11.6 Å². The standard InChI is InChI=1S/C9H6N2O2/c1-2-11-8(12)6-3-4-10-5-7(6)9(11)13/h2-5H,1H2. The summed E-state index contributed by atoms with van der Waals surface area (Å²) in [5.74, 6) is -0.694. The molecule has 0 radical (unpaired) electrons. The van der Waals surface area contributed by atoms with Gasteiger partial charge >= 0.3 is 0 Å². The lowest BCUT2D eigenvalue weighted by Crippen LogP contribution is -2.22. The van der Waals surface area contributed by atoms with Gasteiger partial charge in [-0.1, -0.05) is 6.58 Å². The number of pyridine rings is 1. The van der Waals surface area contributed by atoms with Gasteiger partial charge in [-0.2, -0.15) is 0 Å². The first-order valence-corrected chi connectivity index (χ1v) is 3.70. The zero-order valence-electron chi connectivity index (χ0n) is 6.73. The minimum atomic E-state index is -0.358. The van der Waals surface area contributed by atoms with Crippen molar-refractivity contribution in [1.82, 2.24) is 9.88 Å². The third-order valence-corrected chi connectivity index (χ3v) is 1.90. The molecule has 1 aliphatic heterocycles. The SMILES string of the molecule is C=CN1C(=O)c2ccncc2C1=O. The number of hydrogen-bond donors (Lipinski definition) is 0. The molecule has 1 aromatic rings. The highest BCUT2D eigenvalue weighted by molar-refractivity contribution is 6.21. The van der Waals surface area contributed by atoms with Gasteiger partial charge in [-0.05, 0) is 6.07 Å². The van der Waals surface area contributed by atoms with Gasteiger partial charge < -0.3 is 0 Å². The van der Waals surface area contributed by atoms with Crippen LogP contribution < -0.4 is 0 Å². The molecule has 2 heterocycles. The van der Waals surface area contributed by atoms with Crippen molar-refractivity contribution in [2.24, 2.45) is 0 Å². The Balaban J connectivity index is 2.63. The Bertz CT molecular complexity index is 377. The molecule has 0 bridgehead atoms. The topological polar surface area (TPSA) is 50.3 Å². The van der Waals surface area contributed by atoms with Crippen LogP contribution in [0.1, 0.15) is 20.7 Å². The molecule has 1 aromatic heterocycles. The van der Waals surface area contributed by atoms with Gasteiger partial charge in [0.2, 0.25) is 0 Å². The van der Waals surface area contributed by atoms with Gasteiger partial charge in [-0.15, -0.1) is 0 Å². The maximum atomic E-state index is 11.4. The maximum absolute atomic E-state index is 11.4. The number of carbonyl (C=O) groups is 2. The molecule has 0 atom stereocenters. The molecule has 0 spiro atoms. The molecule has 0 unspecified atom stereocenters. The molecule has 0 fully saturated rings. The normalized spacial score (nSPS) is 14.6. The summed E-state index contributed by atoms with van der Waals surface area (Å²) in [4.78, 5) is 27.6. The third-order valence-electron chi connectivity index (χ3n) is 1.90. The van der Waals surface area contributed by atoms with Crippen molar-refractivity contribution in [2.75, 3.05) is 0 Å². The lowest BCUT2D eigenvalue weighted by Gasteiger charge is -2.04.